The molecule has 2 aliphatic heterocycles. The van der Waals surface area contributed by atoms with E-state index in [2.05, 4.69) is 57.5 Å². The molecular formula is C28H38N6O2. The Morgan fingerprint density at radius 1 is 1.14 bits per heavy atom. The second kappa shape index (κ2) is 9.71. The topological polar surface area (TPSA) is 88.9 Å². The smallest absolute Gasteiger partial charge is 0.253 e. The van der Waals surface area contributed by atoms with E-state index >= 15 is 0 Å². The highest BCUT2D eigenvalue weighted by Gasteiger charge is 2.41. The van der Waals surface area contributed by atoms with Crippen LogP contribution in [-0.4, -0.2) is 55.9 Å². The standard InChI is InChI=1S/C28H38N6O2/c1-19-9-10-21-16-23(27(35)29-24(21)20(19)2)25(26-30-31-32-34(26)17-22-8-6-15-36-22)33-14-7-13-28(18-33)11-4-3-5-12-28/h9-10,16,22,25H,3-8,11-15,17-18H2,1-2H3,(H,29,35). The van der Waals surface area contributed by atoms with Gasteiger partial charge in [-0.15, -0.1) is 5.10 Å². The zero-order valence-corrected chi connectivity index (χ0v) is 21.6. The van der Waals surface area contributed by atoms with Crippen LogP contribution in [0, 0.1) is 19.3 Å². The maximum atomic E-state index is 13.7. The number of likely N-dealkylation sites (tertiary alicyclic amines) is 1. The highest BCUT2D eigenvalue weighted by molar-refractivity contribution is 5.83. The summed E-state index contributed by atoms with van der Waals surface area (Å²) in [5.41, 5.74) is 4.26. The van der Waals surface area contributed by atoms with Crippen molar-refractivity contribution in [2.75, 3.05) is 19.7 Å². The predicted molar refractivity (Wildman–Crippen MR) is 139 cm³/mol. The lowest BCUT2D eigenvalue weighted by Crippen LogP contribution is -2.47. The van der Waals surface area contributed by atoms with Crippen LogP contribution in [-0.2, 0) is 11.3 Å². The molecule has 36 heavy (non-hydrogen) atoms. The molecule has 1 saturated carbocycles. The third kappa shape index (κ3) is 4.39. The molecule has 1 aliphatic carbocycles. The molecule has 2 atom stereocenters. The Morgan fingerprint density at radius 2 is 1.97 bits per heavy atom. The molecule has 6 rings (SSSR count). The van der Waals surface area contributed by atoms with Gasteiger partial charge in [-0.25, -0.2) is 4.68 Å². The first-order valence-corrected chi connectivity index (χ1v) is 13.8. The van der Waals surface area contributed by atoms with Gasteiger partial charge in [0.1, 0.15) is 6.04 Å². The largest absolute Gasteiger partial charge is 0.376 e. The van der Waals surface area contributed by atoms with E-state index in [-0.39, 0.29) is 17.7 Å². The molecule has 0 radical (unpaired) electrons. The molecule has 1 spiro atoms. The first-order chi connectivity index (χ1) is 17.5. The normalized spacial score (nSPS) is 23.4. The number of hydrogen-bond acceptors (Lipinski definition) is 6. The fourth-order valence-electron chi connectivity index (χ4n) is 6.94. The number of nitrogens with one attached hydrogen (secondary N) is 1. The van der Waals surface area contributed by atoms with Crippen molar-refractivity contribution in [2.45, 2.75) is 90.3 Å². The maximum Gasteiger partial charge on any atom is 0.253 e. The van der Waals surface area contributed by atoms with E-state index in [0.29, 0.717) is 12.0 Å². The third-order valence-electron chi connectivity index (χ3n) is 9.05. The first kappa shape index (κ1) is 23.8. The van der Waals surface area contributed by atoms with E-state index in [1.54, 1.807) is 0 Å². The van der Waals surface area contributed by atoms with Crippen molar-refractivity contribution in [1.29, 1.82) is 0 Å². The molecule has 192 valence electrons. The second-order valence-electron chi connectivity index (χ2n) is 11.4. The molecule has 2 unspecified atom stereocenters. The first-order valence-electron chi connectivity index (χ1n) is 13.8. The minimum atomic E-state index is -0.282. The fourth-order valence-corrected chi connectivity index (χ4v) is 6.94. The minimum Gasteiger partial charge on any atom is -0.376 e. The lowest BCUT2D eigenvalue weighted by Gasteiger charge is -2.47. The minimum absolute atomic E-state index is 0.0452. The third-order valence-corrected chi connectivity index (χ3v) is 9.05. The molecule has 2 saturated heterocycles. The number of fused-ring (bicyclic) bond motifs is 1. The van der Waals surface area contributed by atoms with Crippen LogP contribution < -0.4 is 5.56 Å². The fraction of sp³-hybridized carbons (Fsp3) is 0.643. The van der Waals surface area contributed by atoms with Gasteiger partial charge in [-0.3, -0.25) is 9.69 Å². The molecule has 8 heteroatoms. The van der Waals surface area contributed by atoms with Crippen LogP contribution in [0.3, 0.4) is 0 Å². The Kier molecular flexibility index (Phi) is 6.42. The van der Waals surface area contributed by atoms with E-state index < -0.39 is 0 Å². The molecular weight excluding hydrogens is 452 g/mol. The van der Waals surface area contributed by atoms with E-state index in [9.17, 15) is 4.79 Å². The average molecular weight is 491 g/mol. The number of aryl methyl sites for hydroxylation is 2. The number of hydrogen-bond donors (Lipinski definition) is 1. The summed E-state index contributed by atoms with van der Waals surface area (Å²) in [7, 11) is 0. The van der Waals surface area contributed by atoms with Crippen molar-refractivity contribution in [3.05, 3.63) is 51.1 Å². The number of ether oxygens (including phenoxy) is 1. The van der Waals surface area contributed by atoms with E-state index in [1.165, 1.54) is 44.1 Å². The van der Waals surface area contributed by atoms with Crippen LogP contribution in [0.1, 0.15) is 86.3 Å². The van der Waals surface area contributed by atoms with Crippen molar-refractivity contribution in [3.63, 3.8) is 0 Å². The van der Waals surface area contributed by atoms with Crippen LogP contribution in [0.15, 0.2) is 23.0 Å². The van der Waals surface area contributed by atoms with Crippen molar-refractivity contribution < 1.29 is 4.74 Å². The van der Waals surface area contributed by atoms with Gasteiger partial charge in [0.15, 0.2) is 5.82 Å². The van der Waals surface area contributed by atoms with Crippen LogP contribution in [0.4, 0.5) is 0 Å². The number of tetrazole rings is 1. The van der Waals surface area contributed by atoms with Crippen LogP contribution in [0.2, 0.25) is 0 Å². The summed E-state index contributed by atoms with van der Waals surface area (Å²) in [6, 6.07) is 6.05. The highest BCUT2D eigenvalue weighted by Crippen LogP contribution is 2.45. The summed E-state index contributed by atoms with van der Waals surface area (Å²) in [4.78, 5) is 19.4. The molecule has 4 heterocycles. The van der Waals surface area contributed by atoms with Crippen molar-refractivity contribution in [1.82, 2.24) is 30.1 Å². The zero-order valence-electron chi connectivity index (χ0n) is 21.6. The number of rotatable bonds is 5. The summed E-state index contributed by atoms with van der Waals surface area (Å²) < 4.78 is 7.81. The summed E-state index contributed by atoms with van der Waals surface area (Å²) in [6.07, 6.45) is 11.2. The Hall–Kier alpha value is -2.58. The SMILES string of the molecule is Cc1ccc2cc(C(c3nnnn3CC3CCCO3)N3CCCC4(CCCCC4)C3)c(=O)[nH]c2c1C. The van der Waals surface area contributed by atoms with Crippen molar-refractivity contribution in [3.8, 4) is 0 Å². The average Bonchev–Trinajstić information content (AvgIpc) is 3.56. The zero-order chi connectivity index (χ0) is 24.7. The number of H-pyrrole nitrogens is 1. The van der Waals surface area contributed by atoms with Gasteiger partial charge in [0.25, 0.3) is 5.56 Å². The van der Waals surface area contributed by atoms with Crippen LogP contribution in [0.5, 0.6) is 0 Å². The monoisotopic (exact) mass is 490 g/mol. The second-order valence-corrected chi connectivity index (χ2v) is 11.4. The van der Waals surface area contributed by atoms with E-state index in [4.69, 9.17) is 4.74 Å². The Bertz CT molecular complexity index is 1280. The summed E-state index contributed by atoms with van der Waals surface area (Å²) >= 11 is 0. The van der Waals surface area contributed by atoms with Crippen molar-refractivity contribution >= 4 is 10.9 Å². The summed E-state index contributed by atoms with van der Waals surface area (Å²) in [5, 5.41) is 14.1. The van der Waals surface area contributed by atoms with Gasteiger partial charge in [0.05, 0.1) is 18.2 Å². The summed E-state index contributed by atoms with van der Waals surface area (Å²) in [6.45, 7) is 7.52. The number of pyridine rings is 1. The quantitative estimate of drug-likeness (QED) is 0.569. The maximum absolute atomic E-state index is 13.7. The van der Waals surface area contributed by atoms with Gasteiger partial charge >= 0.3 is 0 Å². The number of piperidine rings is 1. The Labute approximate surface area is 212 Å². The van der Waals surface area contributed by atoms with Crippen molar-refractivity contribution in [2.24, 2.45) is 5.41 Å². The molecule has 8 nitrogen and oxygen atoms in total. The molecule has 3 fully saturated rings. The number of nitrogens with zero attached hydrogens (tertiary/aromatic N) is 5. The lowest BCUT2D eigenvalue weighted by atomic mass is 9.69. The van der Waals surface area contributed by atoms with Gasteiger partial charge in [0, 0.05) is 18.7 Å². The number of benzene rings is 1. The predicted octanol–water partition coefficient (Wildman–Crippen LogP) is 4.45. The molecule has 1 aromatic carbocycles. The van der Waals surface area contributed by atoms with E-state index in [0.717, 1.165) is 66.8 Å². The van der Waals surface area contributed by atoms with Gasteiger partial charge in [0.2, 0.25) is 0 Å². The van der Waals surface area contributed by atoms with Gasteiger partial charge < -0.3 is 9.72 Å². The molecule has 1 N–H and O–H groups in total. The highest BCUT2D eigenvalue weighted by atomic mass is 16.5. The number of aromatic nitrogens is 5. The van der Waals surface area contributed by atoms with Crippen LogP contribution >= 0.6 is 0 Å². The molecule has 0 amide bonds. The Balaban J connectivity index is 1.45. The lowest BCUT2D eigenvalue weighted by molar-refractivity contribution is 0.0326. The molecule has 0 bridgehead atoms. The van der Waals surface area contributed by atoms with Crippen LogP contribution in [0.25, 0.3) is 10.9 Å². The number of aromatic amines is 1. The molecule has 2 aromatic heterocycles. The van der Waals surface area contributed by atoms with Gasteiger partial charge in [-0.05, 0) is 97.3 Å². The Morgan fingerprint density at radius 3 is 2.78 bits per heavy atom. The van der Waals surface area contributed by atoms with Gasteiger partial charge in [-0.1, -0.05) is 31.4 Å². The molecule has 3 aliphatic rings. The van der Waals surface area contributed by atoms with E-state index in [1.807, 2.05) is 4.68 Å². The summed E-state index contributed by atoms with van der Waals surface area (Å²) in [5.74, 6) is 0.757. The van der Waals surface area contributed by atoms with Gasteiger partial charge in [-0.2, -0.15) is 0 Å². The molecule has 3 aromatic rings.